The number of nitrogen functional groups attached to an aromatic ring is 2. The van der Waals surface area contributed by atoms with Gasteiger partial charge < -0.3 is 16.4 Å². The van der Waals surface area contributed by atoms with Gasteiger partial charge in [-0.3, -0.25) is 4.79 Å². The number of amides is 1. The Morgan fingerprint density at radius 3 is 2.33 bits per heavy atom. The lowest BCUT2D eigenvalue weighted by Crippen LogP contribution is -2.30. The summed E-state index contributed by atoms with van der Waals surface area (Å²) in [5.74, 6) is -0.144. The summed E-state index contributed by atoms with van der Waals surface area (Å²) in [5.41, 5.74) is 13.9. The molecule has 0 aliphatic rings. The van der Waals surface area contributed by atoms with Crippen molar-refractivity contribution in [2.75, 3.05) is 18.5 Å². The molecule has 0 saturated heterocycles. The average molecular weight is 304 g/mol. The predicted molar refractivity (Wildman–Crippen MR) is 87.2 cm³/mol. The van der Waals surface area contributed by atoms with Crippen LogP contribution >= 0.6 is 11.6 Å². The van der Waals surface area contributed by atoms with E-state index in [0.717, 1.165) is 5.56 Å². The van der Waals surface area contributed by atoms with Crippen molar-refractivity contribution in [2.45, 2.75) is 13.0 Å². The zero-order valence-electron chi connectivity index (χ0n) is 12.0. The van der Waals surface area contributed by atoms with Crippen LogP contribution < -0.4 is 11.5 Å². The topological polar surface area (TPSA) is 72.3 Å². The van der Waals surface area contributed by atoms with Gasteiger partial charge in [-0.05, 0) is 42.8 Å². The van der Waals surface area contributed by atoms with E-state index in [1.807, 2.05) is 31.2 Å². The van der Waals surface area contributed by atoms with Crippen LogP contribution in [0.15, 0.2) is 42.5 Å². The van der Waals surface area contributed by atoms with E-state index in [4.69, 9.17) is 23.1 Å². The van der Waals surface area contributed by atoms with Crippen molar-refractivity contribution in [3.05, 3.63) is 58.6 Å². The van der Waals surface area contributed by atoms with Crippen molar-refractivity contribution in [3.63, 3.8) is 0 Å². The first-order valence-electron chi connectivity index (χ1n) is 6.57. The first-order chi connectivity index (χ1) is 9.90. The Labute approximate surface area is 129 Å². The lowest BCUT2D eigenvalue weighted by molar-refractivity contribution is 0.0744. The first kappa shape index (κ1) is 15.2. The average Bonchev–Trinajstić information content (AvgIpc) is 2.46. The van der Waals surface area contributed by atoms with Gasteiger partial charge in [0.25, 0.3) is 5.91 Å². The second-order valence-corrected chi connectivity index (χ2v) is 5.43. The van der Waals surface area contributed by atoms with Crippen LogP contribution in [0.2, 0.25) is 5.02 Å². The van der Waals surface area contributed by atoms with Gasteiger partial charge in [-0.1, -0.05) is 23.7 Å². The quantitative estimate of drug-likeness (QED) is 0.854. The summed E-state index contributed by atoms with van der Waals surface area (Å²) in [6.45, 7) is 1.95. The van der Waals surface area contributed by atoms with Gasteiger partial charge in [-0.15, -0.1) is 0 Å². The fourth-order valence-corrected chi connectivity index (χ4v) is 2.23. The standard InChI is InChI=1S/C16H18ClN3O/c1-10(11-3-5-12(17)6-4-11)20(2)16(21)14-8-7-13(18)9-15(14)19/h3-10H,18-19H2,1-2H3. The number of benzene rings is 2. The molecule has 1 amide bonds. The van der Waals surface area contributed by atoms with Crippen molar-refractivity contribution in [3.8, 4) is 0 Å². The molecule has 2 rings (SSSR count). The minimum absolute atomic E-state index is 0.0910. The van der Waals surface area contributed by atoms with Gasteiger partial charge >= 0.3 is 0 Å². The van der Waals surface area contributed by atoms with Crippen LogP contribution in [0, 0.1) is 0 Å². The van der Waals surface area contributed by atoms with Gasteiger partial charge in [0.15, 0.2) is 0 Å². The van der Waals surface area contributed by atoms with Crippen LogP contribution in [-0.4, -0.2) is 17.9 Å². The monoisotopic (exact) mass is 303 g/mol. The number of carbonyl (C=O) groups excluding carboxylic acids is 1. The van der Waals surface area contributed by atoms with Gasteiger partial charge in [-0.25, -0.2) is 0 Å². The van der Waals surface area contributed by atoms with E-state index in [2.05, 4.69) is 0 Å². The molecule has 0 fully saturated rings. The maximum Gasteiger partial charge on any atom is 0.256 e. The molecule has 110 valence electrons. The molecule has 0 heterocycles. The van der Waals surface area contributed by atoms with Crippen molar-refractivity contribution in [2.24, 2.45) is 0 Å². The number of halogens is 1. The third-order valence-electron chi connectivity index (χ3n) is 3.56. The molecule has 0 aliphatic heterocycles. The highest BCUT2D eigenvalue weighted by atomic mass is 35.5. The number of hydrogen-bond acceptors (Lipinski definition) is 3. The summed E-state index contributed by atoms with van der Waals surface area (Å²) in [5, 5.41) is 0.669. The lowest BCUT2D eigenvalue weighted by atomic mass is 10.1. The summed E-state index contributed by atoms with van der Waals surface area (Å²) < 4.78 is 0. The minimum Gasteiger partial charge on any atom is -0.399 e. The van der Waals surface area contributed by atoms with Crippen molar-refractivity contribution >= 4 is 28.9 Å². The maximum absolute atomic E-state index is 12.5. The van der Waals surface area contributed by atoms with E-state index < -0.39 is 0 Å². The number of rotatable bonds is 3. The van der Waals surface area contributed by atoms with Crippen LogP contribution in [0.1, 0.15) is 28.9 Å². The highest BCUT2D eigenvalue weighted by molar-refractivity contribution is 6.30. The second-order valence-electron chi connectivity index (χ2n) is 4.99. The van der Waals surface area contributed by atoms with E-state index in [1.165, 1.54) is 0 Å². The molecule has 0 radical (unpaired) electrons. The Morgan fingerprint density at radius 1 is 1.14 bits per heavy atom. The van der Waals surface area contributed by atoms with Crippen LogP contribution in [0.3, 0.4) is 0 Å². The summed E-state index contributed by atoms with van der Waals surface area (Å²) in [4.78, 5) is 14.2. The Hall–Kier alpha value is -2.20. The number of anilines is 2. The van der Waals surface area contributed by atoms with Gasteiger partial charge in [0, 0.05) is 23.4 Å². The van der Waals surface area contributed by atoms with Crippen molar-refractivity contribution < 1.29 is 4.79 Å². The second kappa shape index (κ2) is 6.06. The largest absolute Gasteiger partial charge is 0.399 e. The molecule has 0 bridgehead atoms. The third-order valence-corrected chi connectivity index (χ3v) is 3.81. The molecular weight excluding hydrogens is 286 g/mol. The molecule has 1 unspecified atom stereocenters. The highest BCUT2D eigenvalue weighted by Crippen LogP contribution is 2.24. The molecule has 2 aromatic carbocycles. The molecule has 5 heteroatoms. The number of nitrogens with two attached hydrogens (primary N) is 2. The first-order valence-corrected chi connectivity index (χ1v) is 6.95. The fraction of sp³-hybridized carbons (Fsp3) is 0.188. The third kappa shape index (κ3) is 3.28. The molecule has 0 saturated carbocycles. The molecule has 0 spiro atoms. The highest BCUT2D eigenvalue weighted by Gasteiger charge is 2.20. The molecule has 1 atom stereocenters. The maximum atomic E-state index is 12.5. The molecule has 2 aromatic rings. The Balaban J connectivity index is 2.24. The summed E-state index contributed by atoms with van der Waals surface area (Å²) in [6, 6.07) is 12.3. The van der Waals surface area contributed by atoms with E-state index in [0.29, 0.717) is 22.0 Å². The van der Waals surface area contributed by atoms with Crippen molar-refractivity contribution in [1.29, 1.82) is 0 Å². The smallest absolute Gasteiger partial charge is 0.256 e. The minimum atomic E-state index is -0.144. The summed E-state index contributed by atoms with van der Waals surface area (Å²) in [6.07, 6.45) is 0. The summed E-state index contributed by atoms with van der Waals surface area (Å²) in [7, 11) is 1.75. The van der Waals surface area contributed by atoms with E-state index in [9.17, 15) is 4.79 Å². The summed E-state index contributed by atoms with van der Waals surface area (Å²) >= 11 is 5.88. The molecule has 4 nitrogen and oxygen atoms in total. The molecular formula is C16H18ClN3O. The van der Waals surface area contributed by atoms with Gasteiger partial charge in [0.1, 0.15) is 0 Å². The van der Waals surface area contributed by atoms with Gasteiger partial charge in [-0.2, -0.15) is 0 Å². The number of carbonyl (C=O) groups is 1. The predicted octanol–water partition coefficient (Wildman–Crippen LogP) is 3.34. The van der Waals surface area contributed by atoms with Crippen LogP contribution in [0.25, 0.3) is 0 Å². The molecule has 0 aliphatic carbocycles. The number of hydrogen-bond donors (Lipinski definition) is 2. The Morgan fingerprint density at radius 2 is 1.76 bits per heavy atom. The number of nitrogens with zero attached hydrogens (tertiary/aromatic N) is 1. The normalized spacial score (nSPS) is 12.0. The molecule has 0 aromatic heterocycles. The fourth-order valence-electron chi connectivity index (χ4n) is 2.11. The van der Waals surface area contributed by atoms with E-state index in [-0.39, 0.29) is 11.9 Å². The van der Waals surface area contributed by atoms with E-state index >= 15 is 0 Å². The molecule has 4 N–H and O–H groups in total. The van der Waals surface area contributed by atoms with Crippen LogP contribution in [-0.2, 0) is 0 Å². The van der Waals surface area contributed by atoms with Gasteiger partial charge in [0.2, 0.25) is 0 Å². The zero-order valence-corrected chi connectivity index (χ0v) is 12.8. The molecule has 21 heavy (non-hydrogen) atoms. The van der Waals surface area contributed by atoms with Crippen LogP contribution in [0.5, 0.6) is 0 Å². The Bertz CT molecular complexity index is 655. The van der Waals surface area contributed by atoms with E-state index in [1.54, 1.807) is 30.1 Å². The zero-order chi connectivity index (χ0) is 15.6. The SMILES string of the molecule is CC(c1ccc(Cl)cc1)N(C)C(=O)c1ccc(N)cc1N. The van der Waals surface area contributed by atoms with Crippen molar-refractivity contribution in [1.82, 2.24) is 4.90 Å². The van der Waals surface area contributed by atoms with Gasteiger partial charge in [0.05, 0.1) is 11.6 Å². The van der Waals surface area contributed by atoms with Crippen LogP contribution in [0.4, 0.5) is 11.4 Å². The Kier molecular flexibility index (Phi) is 4.38. The lowest BCUT2D eigenvalue weighted by Gasteiger charge is -2.26.